The lowest BCUT2D eigenvalue weighted by Crippen LogP contribution is -2.12. The number of carbonyl (C=O) groups excluding carboxylic acids is 2. The van der Waals surface area contributed by atoms with Crippen LogP contribution in [0.1, 0.15) is 32.2 Å². The number of fused-ring (bicyclic) bond motifs is 1. The molecule has 0 aliphatic heterocycles. The van der Waals surface area contributed by atoms with Gasteiger partial charge >= 0.3 is 6.61 Å². The van der Waals surface area contributed by atoms with Crippen molar-refractivity contribution in [1.29, 1.82) is 0 Å². The number of ether oxygens (including phenoxy) is 1. The standard InChI is InChI=1S/C16H10F2O3/c17-16(18)21-10-7-5-9(6-8-10)13-14(19)11-3-1-2-4-12(11)15(13)20/h1-8,13,16H. The van der Waals surface area contributed by atoms with Crippen molar-refractivity contribution in [3.8, 4) is 5.75 Å². The van der Waals surface area contributed by atoms with Gasteiger partial charge in [-0.05, 0) is 17.7 Å². The van der Waals surface area contributed by atoms with E-state index in [4.69, 9.17) is 0 Å². The van der Waals surface area contributed by atoms with Crippen LogP contribution in [0.3, 0.4) is 0 Å². The molecule has 0 saturated heterocycles. The van der Waals surface area contributed by atoms with Crippen molar-refractivity contribution < 1.29 is 23.1 Å². The van der Waals surface area contributed by atoms with Gasteiger partial charge in [0.2, 0.25) is 0 Å². The van der Waals surface area contributed by atoms with E-state index in [1.54, 1.807) is 24.3 Å². The molecule has 0 heterocycles. The van der Waals surface area contributed by atoms with Crippen molar-refractivity contribution in [3.05, 3.63) is 65.2 Å². The molecule has 0 amide bonds. The van der Waals surface area contributed by atoms with E-state index >= 15 is 0 Å². The molecular weight excluding hydrogens is 278 g/mol. The molecule has 0 unspecified atom stereocenters. The second kappa shape index (κ2) is 5.09. The molecule has 2 aromatic carbocycles. The number of Topliss-reactive ketones (excluding diaryl/α,β-unsaturated/α-hetero) is 2. The van der Waals surface area contributed by atoms with Crippen LogP contribution in [0.5, 0.6) is 5.75 Å². The Morgan fingerprint density at radius 2 is 1.38 bits per heavy atom. The molecule has 0 N–H and O–H groups in total. The van der Waals surface area contributed by atoms with Crippen LogP contribution < -0.4 is 4.74 Å². The molecular formula is C16H10F2O3. The van der Waals surface area contributed by atoms with Gasteiger partial charge in [-0.25, -0.2) is 0 Å². The van der Waals surface area contributed by atoms with Crippen molar-refractivity contribution in [2.75, 3.05) is 0 Å². The fraction of sp³-hybridized carbons (Fsp3) is 0.125. The molecule has 0 radical (unpaired) electrons. The van der Waals surface area contributed by atoms with E-state index in [9.17, 15) is 18.4 Å². The van der Waals surface area contributed by atoms with E-state index < -0.39 is 12.5 Å². The molecule has 0 spiro atoms. The summed E-state index contributed by atoms with van der Waals surface area (Å²) in [5.74, 6) is -1.44. The topological polar surface area (TPSA) is 43.4 Å². The van der Waals surface area contributed by atoms with Gasteiger partial charge in [-0.3, -0.25) is 9.59 Å². The summed E-state index contributed by atoms with van der Waals surface area (Å²) in [7, 11) is 0. The van der Waals surface area contributed by atoms with Gasteiger partial charge in [-0.1, -0.05) is 36.4 Å². The molecule has 3 nitrogen and oxygen atoms in total. The van der Waals surface area contributed by atoms with Crippen LogP contribution >= 0.6 is 0 Å². The predicted molar refractivity (Wildman–Crippen MR) is 70.9 cm³/mol. The highest BCUT2D eigenvalue weighted by atomic mass is 19.3. The van der Waals surface area contributed by atoms with Gasteiger partial charge in [-0.15, -0.1) is 0 Å². The molecule has 1 aliphatic rings. The number of halogens is 2. The molecule has 106 valence electrons. The maximum atomic E-state index is 12.3. The smallest absolute Gasteiger partial charge is 0.387 e. The summed E-state index contributed by atoms with van der Waals surface area (Å²) in [6.07, 6.45) is 0. The predicted octanol–water partition coefficient (Wildman–Crippen LogP) is 3.45. The zero-order valence-corrected chi connectivity index (χ0v) is 10.8. The van der Waals surface area contributed by atoms with Gasteiger partial charge in [0.05, 0.1) is 0 Å². The summed E-state index contributed by atoms with van der Waals surface area (Å²) >= 11 is 0. The van der Waals surface area contributed by atoms with Crippen molar-refractivity contribution in [2.45, 2.75) is 12.5 Å². The first-order chi connectivity index (χ1) is 10.1. The number of alkyl halides is 2. The maximum Gasteiger partial charge on any atom is 0.387 e. The van der Waals surface area contributed by atoms with Gasteiger partial charge in [-0.2, -0.15) is 8.78 Å². The van der Waals surface area contributed by atoms with Crippen molar-refractivity contribution in [2.24, 2.45) is 0 Å². The molecule has 0 saturated carbocycles. The zero-order valence-electron chi connectivity index (χ0n) is 10.8. The zero-order chi connectivity index (χ0) is 15.0. The molecule has 0 atom stereocenters. The van der Waals surface area contributed by atoms with E-state index in [0.717, 1.165) is 0 Å². The molecule has 2 aromatic rings. The van der Waals surface area contributed by atoms with E-state index in [2.05, 4.69) is 4.74 Å². The Hall–Kier alpha value is -2.56. The molecule has 21 heavy (non-hydrogen) atoms. The molecule has 0 fully saturated rings. The van der Waals surface area contributed by atoms with Gasteiger partial charge in [0.1, 0.15) is 11.7 Å². The normalized spacial score (nSPS) is 14.6. The lowest BCUT2D eigenvalue weighted by molar-refractivity contribution is -0.0498. The lowest BCUT2D eigenvalue weighted by atomic mass is 9.94. The van der Waals surface area contributed by atoms with Crippen LogP contribution in [0.25, 0.3) is 0 Å². The van der Waals surface area contributed by atoms with E-state index in [-0.39, 0.29) is 17.3 Å². The third-order valence-corrected chi connectivity index (χ3v) is 3.42. The summed E-state index contributed by atoms with van der Waals surface area (Å²) in [6, 6.07) is 12.2. The Balaban J connectivity index is 1.92. The highest BCUT2D eigenvalue weighted by Gasteiger charge is 2.39. The van der Waals surface area contributed by atoms with E-state index in [1.165, 1.54) is 24.3 Å². The number of hydrogen-bond acceptors (Lipinski definition) is 3. The summed E-state index contributed by atoms with van der Waals surface area (Å²) < 4.78 is 28.4. The van der Waals surface area contributed by atoms with Gasteiger partial charge in [0.25, 0.3) is 0 Å². The third kappa shape index (κ3) is 2.31. The van der Waals surface area contributed by atoms with Crippen LogP contribution in [-0.2, 0) is 0 Å². The maximum absolute atomic E-state index is 12.3. The highest BCUT2D eigenvalue weighted by Crippen LogP contribution is 2.34. The summed E-state index contributed by atoms with van der Waals surface area (Å²) in [4.78, 5) is 24.6. The number of benzene rings is 2. The SMILES string of the molecule is O=C1c2ccccc2C(=O)C1c1ccc(OC(F)F)cc1. The van der Waals surface area contributed by atoms with Crippen molar-refractivity contribution in [3.63, 3.8) is 0 Å². The van der Waals surface area contributed by atoms with E-state index in [1.807, 2.05) is 0 Å². The molecule has 0 aromatic heterocycles. The number of rotatable bonds is 3. The molecule has 5 heteroatoms. The fourth-order valence-electron chi connectivity index (χ4n) is 2.49. The van der Waals surface area contributed by atoms with Crippen LogP contribution in [0.2, 0.25) is 0 Å². The average molecular weight is 288 g/mol. The molecule has 1 aliphatic carbocycles. The first kappa shape index (κ1) is 13.4. The Morgan fingerprint density at radius 3 is 1.86 bits per heavy atom. The highest BCUT2D eigenvalue weighted by molar-refractivity contribution is 6.29. The van der Waals surface area contributed by atoms with Crippen LogP contribution in [-0.4, -0.2) is 18.2 Å². The van der Waals surface area contributed by atoms with Crippen LogP contribution in [0, 0.1) is 0 Å². The van der Waals surface area contributed by atoms with Gasteiger partial charge in [0, 0.05) is 11.1 Å². The fourth-order valence-corrected chi connectivity index (χ4v) is 2.49. The average Bonchev–Trinajstić information content (AvgIpc) is 2.72. The largest absolute Gasteiger partial charge is 0.435 e. The Morgan fingerprint density at radius 1 is 0.857 bits per heavy atom. The summed E-state index contributed by atoms with van der Waals surface area (Å²) in [6.45, 7) is -2.91. The number of carbonyl (C=O) groups is 2. The first-order valence-corrected chi connectivity index (χ1v) is 6.30. The lowest BCUT2D eigenvalue weighted by Gasteiger charge is -2.09. The third-order valence-electron chi connectivity index (χ3n) is 3.42. The number of ketones is 2. The Labute approximate surface area is 119 Å². The summed E-state index contributed by atoms with van der Waals surface area (Å²) in [5, 5.41) is 0. The quantitative estimate of drug-likeness (QED) is 0.812. The minimum atomic E-state index is -2.91. The van der Waals surface area contributed by atoms with Crippen molar-refractivity contribution >= 4 is 11.6 Å². The van der Waals surface area contributed by atoms with Crippen LogP contribution in [0.4, 0.5) is 8.78 Å². The first-order valence-electron chi connectivity index (χ1n) is 6.30. The Kier molecular flexibility index (Phi) is 3.25. The van der Waals surface area contributed by atoms with Crippen molar-refractivity contribution in [1.82, 2.24) is 0 Å². The van der Waals surface area contributed by atoms with Gasteiger partial charge in [0.15, 0.2) is 11.6 Å². The number of hydrogen-bond donors (Lipinski definition) is 0. The minimum absolute atomic E-state index is 0.0100. The monoisotopic (exact) mass is 288 g/mol. The van der Waals surface area contributed by atoms with E-state index in [0.29, 0.717) is 16.7 Å². The summed E-state index contributed by atoms with van der Waals surface area (Å²) in [5.41, 5.74) is 1.28. The Bertz CT molecular complexity index is 673. The molecule has 0 bridgehead atoms. The van der Waals surface area contributed by atoms with Gasteiger partial charge < -0.3 is 4.74 Å². The second-order valence-electron chi connectivity index (χ2n) is 4.65. The minimum Gasteiger partial charge on any atom is -0.435 e. The van der Waals surface area contributed by atoms with Crippen LogP contribution in [0.15, 0.2) is 48.5 Å². The molecule has 3 rings (SSSR count). The second-order valence-corrected chi connectivity index (χ2v) is 4.65.